The van der Waals surface area contributed by atoms with Gasteiger partial charge in [0.05, 0.1) is 12.1 Å². The SMILES string of the molecule is Cc1conc1C(=O)Cc1ccc(F)c([C@]2(C)CCOC(N)=N2)c1. The molecule has 6 nitrogen and oxygen atoms in total. The van der Waals surface area contributed by atoms with Crippen molar-refractivity contribution in [2.75, 3.05) is 6.61 Å². The number of nitrogens with zero attached hydrogens (tertiary/aromatic N) is 2. The van der Waals surface area contributed by atoms with Crippen molar-refractivity contribution in [1.29, 1.82) is 0 Å². The van der Waals surface area contributed by atoms with Gasteiger partial charge in [-0.05, 0) is 31.5 Å². The lowest BCUT2D eigenvalue weighted by Gasteiger charge is -2.30. The first-order chi connectivity index (χ1) is 11.4. The molecule has 0 spiro atoms. The van der Waals surface area contributed by atoms with Gasteiger partial charge in [0.1, 0.15) is 12.1 Å². The molecule has 1 aliphatic heterocycles. The highest BCUT2D eigenvalue weighted by molar-refractivity contribution is 5.96. The van der Waals surface area contributed by atoms with Crippen molar-refractivity contribution >= 4 is 11.8 Å². The standard InChI is InChI=1S/C17H18FN3O3/c1-10-9-24-21-15(10)14(22)8-11-3-4-13(18)12(7-11)17(2)5-6-23-16(19)20-17/h3-4,7,9H,5-6,8H2,1-2H3,(H2,19,20)/t17-/m0/s1. The molecule has 1 atom stereocenters. The molecule has 0 saturated heterocycles. The first-order valence-electron chi connectivity index (χ1n) is 7.60. The van der Waals surface area contributed by atoms with Crippen LogP contribution in [0.15, 0.2) is 34.0 Å². The van der Waals surface area contributed by atoms with E-state index in [2.05, 4.69) is 10.1 Å². The van der Waals surface area contributed by atoms with E-state index in [1.54, 1.807) is 26.0 Å². The van der Waals surface area contributed by atoms with E-state index in [1.165, 1.54) is 12.3 Å². The van der Waals surface area contributed by atoms with Crippen molar-refractivity contribution in [1.82, 2.24) is 5.16 Å². The van der Waals surface area contributed by atoms with E-state index < -0.39 is 5.54 Å². The van der Waals surface area contributed by atoms with Gasteiger partial charge < -0.3 is 15.0 Å². The molecule has 3 rings (SSSR count). The zero-order valence-corrected chi connectivity index (χ0v) is 13.5. The van der Waals surface area contributed by atoms with Gasteiger partial charge >= 0.3 is 0 Å². The van der Waals surface area contributed by atoms with E-state index in [0.29, 0.717) is 35.4 Å². The third-order valence-electron chi connectivity index (χ3n) is 4.18. The van der Waals surface area contributed by atoms with Crippen LogP contribution in [0.5, 0.6) is 0 Å². The Kier molecular flexibility index (Phi) is 4.09. The van der Waals surface area contributed by atoms with Gasteiger partial charge in [-0.2, -0.15) is 0 Å². The molecule has 0 unspecified atom stereocenters. The van der Waals surface area contributed by atoms with Crippen molar-refractivity contribution in [2.45, 2.75) is 32.2 Å². The summed E-state index contributed by atoms with van der Waals surface area (Å²) in [7, 11) is 0. The summed E-state index contributed by atoms with van der Waals surface area (Å²) in [4.78, 5) is 16.6. The second-order valence-corrected chi connectivity index (χ2v) is 6.08. The highest BCUT2D eigenvalue weighted by Gasteiger charge is 2.33. The zero-order chi connectivity index (χ0) is 17.3. The molecule has 2 N–H and O–H groups in total. The number of ketones is 1. The number of amidine groups is 1. The van der Waals surface area contributed by atoms with Gasteiger partial charge in [0.25, 0.3) is 6.02 Å². The molecule has 24 heavy (non-hydrogen) atoms. The summed E-state index contributed by atoms with van der Waals surface area (Å²) in [5.74, 6) is -0.566. The molecule has 1 aromatic heterocycles. The highest BCUT2D eigenvalue weighted by Crippen LogP contribution is 2.34. The zero-order valence-electron chi connectivity index (χ0n) is 13.5. The van der Waals surface area contributed by atoms with Crippen LogP contribution < -0.4 is 5.73 Å². The molecule has 2 aromatic rings. The quantitative estimate of drug-likeness (QED) is 0.869. The number of hydrogen-bond donors (Lipinski definition) is 1. The Morgan fingerprint density at radius 3 is 2.92 bits per heavy atom. The summed E-state index contributed by atoms with van der Waals surface area (Å²) in [6.45, 7) is 3.92. The molecule has 0 aliphatic carbocycles. The molecule has 0 amide bonds. The predicted molar refractivity (Wildman–Crippen MR) is 85.2 cm³/mol. The molecular formula is C17H18FN3O3. The summed E-state index contributed by atoms with van der Waals surface area (Å²) in [6.07, 6.45) is 2.03. The lowest BCUT2D eigenvalue weighted by Crippen LogP contribution is -2.34. The number of rotatable bonds is 4. The summed E-state index contributed by atoms with van der Waals surface area (Å²) >= 11 is 0. The Labute approximate surface area is 138 Å². The van der Waals surface area contributed by atoms with Crippen LogP contribution in [-0.4, -0.2) is 23.6 Å². The van der Waals surface area contributed by atoms with Crippen LogP contribution in [0.4, 0.5) is 4.39 Å². The van der Waals surface area contributed by atoms with E-state index >= 15 is 0 Å². The lowest BCUT2D eigenvalue weighted by atomic mass is 9.87. The topological polar surface area (TPSA) is 90.7 Å². The van der Waals surface area contributed by atoms with E-state index in [1.807, 2.05) is 0 Å². The number of hydrogen-bond acceptors (Lipinski definition) is 6. The molecule has 7 heteroatoms. The second kappa shape index (κ2) is 6.07. The lowest BCUT2D eigenvalue weighted by molar-refractivity contribution is 0.0983. The average Bonchev–Trinajstić information content (AvgIpc) is 2.95. The van der Waals surface area contributed by atoms with Crippen LogP contribution in [0.25, 0.3) is 0 Å². The van der Waals surface area contributed by atoms with Crippen molar-refractivity contribution in [3.8, 4) is 0 Å². The number of aryl methyl sites for hydroxylation is 1. The van der Waals surface area contributed by atoms with Crippen LogP contribution in [0.3, 0.4) is 0 Å². The van der Waals surface area contributed by atoms with E-state index in [4.69, 9.17) is 15.0 Å². The van der Waals surface area contributed by atoms with Crippen molar-refractivity contribution in [3.63, 3.8) is 0 Å². The number of carbonyl (C=O) groups is 1. The van der Waals surface area contributed by atoms with Crippen LogP contribution in [0.2, 0.25) is 0 Å². The maximum atomic E-state index is 14.3. The van der Waals surface area contributed by atoms with Crippen LogP contribution >= 0.6 is 0 Å². The number of carbonyl (C=O) groups excluding carboxylic acids is 1. The van der Waals surface area contributed by atoms with E-state index in [9.17, 15) is 9.18 Å². The minimum absolute atomic E-state index is 0.0443. The van der Waals surface area contributed by atoms with Gasteiger partial charge in [0.15, 0.2) is 11.5 Å². The van der Waals surface area contributed by atoms with Crippen LogP contribution in [-0.2, 0) is 16.7 Å². The van der Waals surface area contributed by atoms with Crippen molar-refractivity contribution in [2.24, 2.45) is 10.7 Å². The fraction of sp³-hybridized carbons (Fsp3) is 0.353. The Morgan fingerprint density at radius 1 is 1.46 bits per heavy atom. The minimum Gasteiger partial charge on any atom is -0.465 e. The largest absolute Gasteiger partial charge is 0.465 e. The van der Waals surface area contributed by atoms with Crippen molar-refractivity contribution < 1.29 is 18.4 Å². The number of Topliss-reactive ketones (excluding diaryl/α,β-unsaturated/α-hetero) is 1. The first-order valence-corrected chi connectivity index (χ1v) is 7.60. The van der Waals surface area contributed by atoms with Crippen LogP contribution in [0.1, 0.15) is 40.5 Å². The predicted octanol–water partition coefficient (Wildman–Crippen LogP) is 2.50. The first kappa shape index (κ1) is 16.2. The third-order valence-corrected chi connectivity index (χ3v) is 4.18. The Morgan fingerprint density at radius 2 is 2.25 bits per heavy atom. The molecule has 126 valence electrons. The normalized spacial score (nSPS) is 20.4. The maximum absolute atomic E-state index is 14.3. The third kappa shape index (κ3) is 3.02. The van der Waals surface area contributed by atoms with Gasteiger partial charge in [-0.15, -0.1) is 0 Å². The summed E-state index contributed by atoms with van der Waals surface area (Å²) in [6, 6.07) is 4.63. The number of aromatic nitrogens is 1. The number of ether oxygens (including phenoxy) is 1. The van der Waals surface area contributed by atoms with Gasteiger partial charge in [-0.1, -0.05) is 11.2 Å². The molecule has 0 bridgehead atoms. The highest BCUT2D eigenvalue weighted by atomic mass is 19.1. The number of aliphatic imine (C=N–C) groups is 1. The maximum Gasteiger partial charge on any atom is 0.282 e. The second-order valence-electron chi connectivity index (χ2n) is 6.08. The van der Waals surface area contributed by atoms with Crippen LogP contribution in [0, 0.1) is 12.7 Å². The summed E-state index contributed by atoms with van der Waals surface area (Å²) in [5, 5.41) is 3.71. The van der Waals surface area contributed by atoms with Gasteiger partial charge in [0, 0.05) is 24.0 Å². The monoisotopic (exact) mass is 331 g/mol. The smallest absolute Gasteiger partial charge is 0.282 e. The average molecular weight is 331 g/mol. The summed E-state index contributed by atoms with van der Waals surface area (Å²) in [5.41, 5.74) is 6.87. The Balaban J connectivity index is 1.91. The molecular weight excluding hydrogens is 313 g/mol. The number of nitrogens with two attached hydrogens (primary N) is 1. The molecule has 1 aliphatic rings. The van der Waals surface area contributed by atoms with E-state index in [-0.39, 0.29) is 24.0 Å². The van der Waals surface area contributed by atoms with E-state index in [0.717, 1.165) is 0 Å². The minimum atomic E-state index is -0.810. The number of halogens is 1. The molecule has 0 fully saturated rings. The van der Waals surface area contributed by atoms with Crippen molar-refractivity contribution in [3.05, 3.63) is 52.7 Å². The summed E-state index contributed by atoms with van der Waals surface area (Å²) < 4.78 is 24.3. The molecule has 2 heterocycles. The molecule has 1 aromatic carbocycles. The Hall–Kier alpha value is -2.70. The Bertz CT molecular complexity index is 815. The van der Waals surface area contributed by atoms with Gasteiger partial charge in [0.2, 0.25) is 0 Å². The fourth-order valence-corrected chi connectivity index (χ4v) is 2.80. The number of benzene rings is 1. The van der Waals surface area contributed by atoms with Gasteiger partial charge in [-0.3, -0.25) is 4.79 Å². The van der Waals surface area contributed by atoms with Gasteiger partial charge in [-0.25, -0.2) is 9.38 Å². The fourth-order valence-electron chi connectivity index (χ4n) is 2.80. The molecule has 0 radical (unpaired) electrons. The molecule has 0 saturated carbocycles.